The minimum atomic E-state index is -0.194. The largest absolute Gasteiger partial charge is 0.464 e. The van der Waals surface area contributed by atoms with Crippen molar-refractivity contribution in [3.8, 4) is 5.75 Å². The highest BCUT2D eigenvalue weighted by Gasteiger charge is 2.13. The fourth-order valence-electron chi connectivity index (χ4n) is 2.43. The molecule has 0 aromatic heterocycles. The van der Waals surface area contributed by atoms with E-state index in [2.05, 4.69) is 19.2 Å². The Labute approximate surface area is 146 Å². The number of hydrogen-bond donors (Lipinski definition) is 1. The molecule has 122 valence electrons. The molecule has 1 N–H and O–H groups in total. The van der Waals surface area contributed by atoms with Crippen molar-refractivity contribution < 1.29 is 9.53 Å². The highest BCUT2D eigenvalue weighted by Crippen LogP contribution is 2.28. The Kier molecular flexibility index (Phi) is 4.72. The molecule has 1 aliphatic heterocycles. The molecule has 2 aromatic carbocycles. The van der Waals surface area contributed by atoms with E-state index in [-0.39, 0.29) is 5.91 Å². The molecule has 3 rings (SSSR count). The summed E-state index contributed by atoms with van der Waals surface area (Å²) < 4.78 is 5.50. The Morgan fingerprint density at radius 1 is 1.12 bits per heavy atom. The van der Waals surface area contributed by atoms with Gasteiger partial charge in [-0.25, -0.2) is 0 Å². The lowest BCUT2D eigenvalue weighted by atomic mass is 10.0. The summed E-state index contributed by atoms with van der Waals surface area (Å²) >= 11 is 6.02. The molecule has 1 heterocycles. The second-order valence-electron chi connectivity index (χ2n) is 5.93. The molecule has 0 fully saturated rings. The molecule has 2 aromatic rings. The normalized spacial score (nSPS) is 12.9. The molecule has 0 aliphatic carbocycles. The van der Waals surface area contributed by atoms with Gasteiger partial charge in [0.1, 0.15) is 5.75 Å². The van der Waals surface area contributed by atoms with Crippen LogP contribution in [0.5, 0.6) is 5.75 Å². The van der Waals surface area contributed by atoms with Crippen LogP contribution in [-0.4, -0.2) is 5.91 Å². The van der Waals surface area contributed by atoms with Crippen LogP contribution in [0.1, 0.15) is 30.9 Å². The van der Waals surface area contributed by atoms with Gasteiger partial charge in [0.2, 0.25) is 0 Å². The first-order valence-electron chi connectivity index (χ1n) is 7.79. The number of ether oxygens (including phenoxy) is 1. The number of carbonyl (C=O) groups excluding carboxylic acids is 1. The molecule has 0 bridgehead atoms. The fourth-order valence-corrected chi connectivity index (χ4v) is 2.61. The van der Waals surface area contributed by atoms with Crippen molar-refractivity contribution in [3.63, 3.8) is 0 Å². The molecule has 0 atom stereocenters. The van der Waals surface area contributed by atoms with Crippen LogP contribution in [0, 0.1) is 0 Å². The van der Waals surface area contributed by atoms with Crippen LogP contribution in [0.15, 0.2) is 60.4 Å². The Balaban J connectivity index is 1.81. The van der Waals surface area contributed by atoms with E-state index in [1.165, 1.54) is 11.8 Å². The highest BCUT2D eigenvalue weighted by molar-refractivity contribution is 6.30. The molecule has 1 amide bonds. The van der Waals surface area contributed by atoms with E-state index >= 15 is 0 Å². The maximum atomic E-state index is 12.5. The Hall–Kier alpha value is -2.52. The summed E-state index contributed by atoms with van der Waals surface area (Å²) in [6, 6.07) is 13.2. The van der Waals surface area contributed by atoms with E-state index in [0.717, 1.165) is 11.3 Å². The van der Waals surface area contributed by atoms with Crippen molar-refractivity contribution in [3.05, 3.63) is 76.5 Å². The van der Waals surface area contributed by atoms with Crippen LogP contribution in [0.25, 0.3) is 6.08 Å². The van der Waals surface area contributed by atoms with Crippen LogP contribution < -0.4 is 10.1 Å². The summed E-state index contributed by atoms with van der Waals surface area (Å²) in [6.07, 6.45) is 4.92. The van der Waals surface area contributed by atoms with Crippen molar-refractivity contribution in [2.45, 2.75) is 19.8 Å². The molecule has 24 heavy (non-hydrogen) atoms. The number of carbonyl (C=O) groups is 1. The van der Waals surface area contributed by atoms with Gasteiger partial charge in [0.25, 0.3) is 5.91 Å². The smallest absolute Gasteiger partial charge is 0.255 e. The average molecular weight is 340 g/mol. The number of hydrogen-bond acceptors (Lipinski definition) is 2. The lowest BCUT2D eigenvalue weighted by Crippen LogP contribution is -2.13. The average Bonchev–Trinajstić information content (AvgIpc) is 2.77. The first-order valence-corrected chi connectivity index (χ1v) is 8.16. The molecule has 0 radical (unpaired) electrons. The quantitative estimate of drug-likeness (QED) is 0.814. The summed E-state index contributed by atoms with van der Waals surface area (Å²) in [7, 11) is 0. The van der Waals surface area contributed by atoms with Crippen LogP contribution in [0.2, 0.25) is 5.02 Å². The predicted octanol–water partition coefficient (Wildman–Crippen LogP) is 5.39. The van der Waals surface area contributed by atoms with Gasteiger partial charge >= 0.3 is 0 Å². The third kappa shape index (κ3) is 3.69. The SMILES string of the molecule is CC(C)c1ccc(NC(=O)C2=Cc3cc(Cl)ccc3OC=C2)cc1. The molecule has 0 saturated carbocycles. The van der Waals surface area contributed by atoms with Gasteiger partial charge in [-0.2, -0.15) is 0 Å². The maximum Gasteiger partial charge on any atom is 0.255 e. The zero-order valence-electron chi connectivity index (χ0n) is 13.5. The van der Waals surface area contributed by atoms with Crippen molar-refractivity contribution >= 4 is 29.3 Å². The van der Waals surface area contributed by atoms with E-state index in [9.17, 15) is 4.79 Å². The van der Waals surface area contributed by atoms with E-state index in [0.29, 0.717) is 22.3 Å². The zero-order chi connectivity index (χ0) is 17.1. The number of fused-ring (bicyclic) bond motifs is 1. The number of benzene rings is 2. The molecule has 0 unspecified atom stereocenters. The molecular formula is C20H18ClNO2. The second kappa shape index (κ2) is 6.93. The molecule has 1 aliphatic rings. The van der Waals surface area contributed by atoms with Crippen LogP contribution in [0.3, 0.4) is 0 Å². The summed E-state index contributed by atoms with van der Waals surface area (Å²) in [6.45, 7) is 4.27. The second-order valence-corrected chi connectivity index (χ2v) is 6.37. The molecule has 3 nitrogen and oxygen atoms in total. The van der Waals surface area contributed by atoms with E-state index in [1.807, 2.05) is 24.3 Å². The van der Waals surface area contributed by atoms with Gasteiger partial charge < -0.3 is 10.1 Å². The topological polar surface area (TPSA) is 38.3 Å². The van der Waals surface area contributed by atoms with Crippen molar-refractivity contribution in [1.29, 1.82) is 0 Å². The van der Waals surface area contributed by atoms with Gasteiger partial charge in [-0.05, 0) is 54.0 Å². The lowest BCUT2D eigenvalue weighted by molar-refractivity contribution is -0.112. The summed E-state index contributed by atoms with van der Waals surface area (Å²) in [5.41, 5.74) is 3.27. The summed E-state index contributed by atoms with van der Waals surface area (Å²) in [5, 5.41) is 3.50. The van der Waals surface area contributed by atoms with Crippen molar-refractivity contribution in [2.75, 3.05) is 5.32 Å². The van der Waals surface area contributed by atoms with Crippen LogP contribution >= 0.6 is 11.6 Å². The first kappa shape index (κ1) is 16.3. The molecule has 0 saturated heterocycles. The van der Waals surface area contributed by atoms with Gasteiger partial charge in [0, 0.05) is 21.8 Å². The molecular weight excluding hydrogens is 322 g/mol. The number of rotatable bonds is 3. The minimum absolute atomic E-state index is 0.194. The Bertz CT molecular complexity index is 820. The van der Waals surface area contributed by atoms with Gasteiger partial charge in [-0.15, -0.1) is 0 Å². The number of amides is 1. The lowest BCUT2D eigenvalue weighted by Gasteiger charge is -2.09. The third-order valence-corrected chi connectivity index (χ3v) is 4.06. The van der Waals surface area contributed by atoms with Crippen LogP contribution in [-0.2, 0) is 4.79 Å². The van der Waals surface area contributed by atoms with Gasteiger partial charge in [0.05, 0.1) is 6.26 Å². The monoisotopic (exact) mass is 339 g/mol. The van der Waals surface area contributed by atoms with Crippen molar-refractivity contribution in [1.82, 2.24) is 0 Å². The molecule has 4 heteroatoms. The fraction of sp³-hybridized carbons (Fsp3) is 0.150. The summed E-state index contributed by atoms with van der Waals surface area (Å²) in [5.74, 6) is 0.931. The number of nitrogens with one attached hydrogen (secondary N) is 1. The minimum Gasteiger partial charge on any atom is -0.464 e. The van der Waals surface area contributed by atoms with E-state index < -0.39 is 0 Å². The Morgan fingerprint density at radius 3 is 2.58 bits per heavy atom. The highest BCUT2D eigenvalue weighted by atomic mass is 35.5. The third-order valence-electron chi connectivity index (χ3n) is 3.82. The molecule has 0 spiro atoms. The summed E-state index contributed by atoms with van der Waals surface area (Å²) in [4.78, 5) is 12.5. The van der Waals surface area contributed by atoms with Gasteiger partial charge in [0.15, 0.2) is 0 Å². The van der Waals surface area contributed by atoms with Crippen molar-refractivity contribution in [2.24, 2.45) is 0 Å². The number of halogens is 1. The zero-order valence-corrected chi connectivity index (χ0v) is 14.3. The number of anilines is 1. The van der Waals surface area contributed by atoms with E-state index in [1.54, 1.807) is 30.4 Å². The van der Waals surface area contributed by atoms with Gasteiger partial charge in [-0.1, -0.05) is 37.6 Å². The maximum absolute atomic E-state index is 12.5. The first-order chi connectivity index (χ1) is 11.5. The van der Waals surface area contributed by atoms with Gasteiger partial charge in [-0.3, -0.25) is 4.79 Å². The van der Waals surface area contributed by atoms with Crippen LogP contribution in [0.4, 0.5) is 5.69 Å². The van der Waals surface area contributed by atoms with E-state index in [4.69, 9.17) is 16.3 Å². The standard InChI is InChI=1S/C20H18ClNO2/c1-13(2)14-3-6-18(7-4-14)22-20(23)15-9-10-24-19-8-5-17(21)12-16(19)11-15/h3-13H,1-2H3,(H,22,23). The Morgan fingerprint density at radius 2 is 1.88 bits per heavy atom. The predicted molar refractivity (Wildman–Crippen MR) is 98.4 cm³/mol.